The molecule has 0 amide bonds. The average Bonchev–Trinajstić information content (AvgIpc) is 4.07. The molecule has 60 heavy (non-hydrogen) atoms. The molecule has 6 aromatic carbocycles. The van der Waals surface area contributed by atoms with Gasteiger partial charge < -0.3 is 14.0 Å². The predicted molar refractivity (Wildman–Crippen MR) is 244 cm³/mol. The molecule has 6 aromatic rings. The quantitative estimate of drug-likeness (QED) is 0.0610. The monoisotopic (exact) mass is 964 g/mol. The van der Waals surface area contributed by atoms with Gasteiger partial charge in [-0.1, -0.05) is 133 Å². The Labute approximate surface area is 370 Å². The van der Waals surface area contributed by atoms with Gasteiger partial charge in [0.25, 0.3) is 0 Å². The Hall–Kier alpha value is -3.47. The molecule has 2 aliphatic rings. The molecule has 0 radical (unpaired) electrons. The number of hydrogen-bond acceptors (Lipinski definition) is 5. The molecule has 5 nitrogen and oxygen atoms in total. The summed E-state index contributed by atoms with van der Waals surface area (Å²) in [5, 5.41) is 5.93. The van der Waals surface area contributed by atoms with Gasteiger partial charge in [-0.05, 0) is 86.3 Å². The zero-order valence-electron chi connectivity index (χ0n) is 33.4. The van der Waals surface area contributed by atoms with E-state index >= 15 is 0 Å². The van der Waals surface area contributed by atoms with Crippen molar-refractivity contribution in [3.8, 4) is 0 Å². The first-order valence-electron chi connectivity index (χ1n) is 20.0. The number of rotatable bonds is 10. The molecule has 2 saturated heterocycles. The Morgan fingerprint density at radius 1 is 0.467 bits per heavy atom. The maximum absolute atomic E-state index is 10.7. The van der Waals surface area contributed by atoms with Crippen LogP contribution in [0.4, 0.5) is 13.2 Å². The van der Waals surface area contributed by atoms with Gasteiger partial charge >= 0.3 is 25.9 Å². The Kier molecular flexibility index (Phi) is 20.9. The predicted octanol–water partition coefficient (Wildman–Crippen LogP) is 7.70. The Balaban J connectivity index is 0.000000345. The molecule has 0 N–H and O–H groups in total. The zero-order chi connectivity index (χ0) is 41.8. The van der Waals surface area contributed by atoms with Crippen molar-refractivity contribution in [2.45, 2.75) is 31.2 Å². The minimum Gasteiger partial charge on any atom is -0.741 e. The zero-order valence-corrected chi connectivity index (χ0v) is 37.7. The fraction of sp³-hybridized carbons (Fsp3) is 0.234. The summed E-state index contributed by atoms with van der Waals surface area (Å²) in [6, 6.07) is 70.3. The second-order valence-corrected chi connectivity index (χ2v) is 20.9. The molecule has 2 aliphatic heterocycles. The maximum Gasteiger partial charge on any atom is 2.00 e. The number of benzene rings is 6. The molecule has 0 unspecified atom stereocenters. The minimum atomic E-state index is -6.09. The van der Waals surface area contributed by atoms with Crippen LogP contribution in [0.3, 0.4) is 0 Å². The summed E-state index contributed by atoms with van der Waals surface area (Å²) >= 11 is 0. The number of hydrogen-bond donors (Lipinski definition) is 0. The largest absolute Gasteiger partial charge is 2.00 e. The first kappa shape index (κ1) is 49.2. The van der Waals surface area contributed by atoms with Crippen LogP contribution >= 0.6 is 15.8 Å². The Morgan fingerprint density at radius 2 is 0.683 bits per heavy atom. The summed E-state index contributed by atoms with van der Waals surface area (Å²) in [5.41, 5.74) is -2.70. The van der Waals surface area contributed by atoms with Crippen LogP contribution in [0.1, 0.15) is 25.7 Å². The van der Waals surface area contributed by atoms with Gasteiger partial charge in [0.05, 0.1) is 21.2 Å². The second kappa shape index (κ2) is 25.5. The molecular weight excluding hydrogens is 913 g/mol. The molecule has 0 spiro atoms. The minimum absolute atomic E-state index is 0. The van der Waals surface area contributed by atoms with Crippen LogP contribution in [0.25, 0.3) is 0 Å². The fourth-order valence-corrected chi connectivity index (χ4v) is 14.4. The summed E-state index contributed by atoms with van der Waals surface area (Å²) in [5.74, 6) is 0. The number of ether oxygens (including phenoxy) is 2. The van der Waals surface area contributed by atoms with E-state index in [1.165, 1.54) is 57.8 Å². The molecule has 2 fully saturated rings. The van der Waals surface area contributed by atoms with Crippen molar-refractivity contribution in [3.63, 3.8) is 0 Å². The molecule has 318 valence electrons. The molecule has 13 heteroatoms. The molecule has 8 rings (SSSR count). The standard InChI is InChI=1S/C38H34BP2.2C4H8O.CHF3O3S.Pd/c1-7-19-33(20-8-1)39(34-21-9-2-10-22-34,31-40(35-23-11-3-12-24-35)36-25-13-4-14-26-36)32-41(37-27-15-5-16-28-37)38-29-17-6-18-30-38;2*1-2-4-5-3-1;2-1(3,4)8(5,6)7;/h1-30H,31-32H2;2*1-4H2;(H,5,6,7);/q-1;;;;+2/p+1. The van der Waals surface area contributed by atoms with E-state index in [1.54, 1.807) is 0 Å². The summed E-state index contributed by atoms with van der Waals surface area (Å²) < 4.78 is 68.8. The summed E-state index contributed by atoms with van der Waals surface area (Å²) in [6.45, 7) is 4.00. The van der Waals surface area contributed by atoms with Gasteiger partial charge in [-0.15, -0.1) is 0 Å². The van der Waals surface area contributed by atoms with Crippen molar-refractivity contribution >= 4 is 64.3 Å². The maximum atomic E-state index is 10.7. The molecule has 0 saturated carbocycles. The van der Waals surface area contributed by atoms with Crippen LogP contribution in [-0.4, -0.2) is 63.2 Å². The first-order valence-corrected chi connectivity index (χ1v) is 24.8. The van der Waals surface area contributed by atoms with Gasteiger partial charge in [0.2, 0.25) is 0 Å². The van der Waals surface area contributed by atoms with Crippen molar-refractivity contribution in [1.82, 2.24) is 0 Å². The smallest absolute Gasteiger partial charge is 0.741 e. The summed E-state index contributed by atoms with van der Waals surface area (Å²) in [4.78, 5) is 0. The van der Waals surface area contributed by atoms with E-state index in [4.69, 9.17) is 22.4 Å². The topological polar surface area (TPSA) is 75.7 Å². The SMILES string of the molecule is C1CCOC1.C1CCOC1.O=S(=O)([O-])C(F)(F)F.[Pd+2].c1ccc([PH+](C[B-](C[PH+](c2ccccc2)c2ccccc2)(c2ccccc2)c2ccccc2)c2ccccc2)cc1. The van der Waals surface area contributed by atoms with E-state index in [0.717, 1.165) is 38.6 Å². The van der Waals surface area contributed by atoms with E-state index in [9.17, 15) is 13.2 Å². The van der Waals surface area contributed by atoms with Crippen LogP contribution in [0, 0.1) is 0 Å². The normalized spacial score (nSPS) is 13.8. The van der Waals surface area contributed by atoms with Gasteiger partial charge in [-0.2, -0.15) is 24.1 Å². The van der Waals surface area contributed by atoms with Crippen molar-refractivity contribution < 1.29 is 56.0 Å². The first-order chi connectivity index (χ1) is 28.6. The van der Waals surface area contributed by atoms with Crippen molar-refractivity contribution in [2.24, 2.45) is 0 Å². The van der Waals surface area contributed by atoms with E-state index in [0.29, 0.717) is 0 Å². The summed E-state index contributed by atoms with van der Waals surface area (Å²) in [6.07, 6.45) is 3.98. The van der Waals surface area contributed by atoms with Crippen LogP contribution in [-0.2, 0) is 40.0 Å². The molecule has 0 aliphatic carbocycles. The van der Waals surface area contributed by atoms with Crippen LogP contribution in [0.15, 0.2) is 182 Å². The van der Waals surface area contributed by atoms with Gasteiger partial charge in [-0.25, -0.2) is 8.42 Å². The van der Waals surface area contributed by atoms with Crippen LogP contribution < -0.4 is 32.1 Å². The van der Waals surface area contributed by atoms with Crippen molar-refractivity contribution in [3.05, 3.63) is 182 Å². The van der Waals surface area contributed by atoms with Crippen LogP contribution in [0.2, 0.25) is 0 Å². The molecule has 0 atom stereocenters. The number of alkyl halides is 3. The van der Waals surface area contributed by atoms with Gasteiger partial charge in [-0.3, -0.25) is 0 Å². The van der Waals surface area contributed by atoms with Crippen molar-refractivity contribution in [2.75, 3.05) is 38.6 Å². The van der Waals surface area contributed by atoms with E-state index in [1.807, 2.05) is 0 Å². The van der Waals surface area contributed by atoms with E-state index in [-0.39, 0.29) is 20.4 Å². The molecule has 0 aromatic heterocycles. The average molecular weight is 965 g/mol. The van der Waals surface area contributed by atoms with Gasteiger partial charge in [0.1, 0.15) is 6.15 Å². The third kappa shape index (κ3) is 15.2. The Morgan fingerprint density at radius 3 is 0.867 bits per heavy atom. The Bertz CT molecular complexity index is 1930. The third-order valence-corrected chi connectivity index (χ3v) is 17.3. The van der Waals surface area contributed by atoms with Crippen LogP contribution in [0.5, 0.6) is 0 Å². The number of halogens is 3. The molecular formula is C47H52BF3O5P2PdS+2. The van der Waals surface area contributed by atoms with Gasteiger partial charge in [0, 0.05) is 42.3 Å². The molecule has 0 bridgehead atoms. The second-order valence-electron chi connectivity index (χ2n) is 14.4. The van der Waals surface area contributed by atoms with E-state index < -0.39 is 37.6 Å². The van der Waals surface area contributed by atoms with E-state index in [2.05, 4.69) is 182 Å². The van der Waals surface area contributed by atoms with Crippen molar-refractivity contribution in [1.29, 1.82) is 0 Å². The third-order valence-electron chi connectivity index (χ3n) is 10.4. The fourth-order valence-electron chi connectivity index (χ4n) is 7.46. The van der Waals surface area contributed by atoms with Gasteiger partial charge in [0.15, 0.2) is 10.1 Å². The molecule has 2 heterocycles. The summed E-state index contributed by atoms with van der Waals surface area (Å²) in [7, 11) is -8.32.